The first-order valence-electron chi connectivity index (χ1n) is 7.41. The van der Waals surface area contributed by atoms with Crippen molar-refractivity contribution in [2.24, 2.45) is 5.92 Å². The Morgan fingerprint density at radius 2 is 2.05 bits per heavy atom. The van der Waals surface area contributed by atoms with Gasteiger partial charge >= 0.3 is 0 Å². The van der Waals surface area contributed by atoms with Crippen LogP contribution < -0.4 is 4.74 Å². The lowest BCUT2D eigenvalue weighted by Crippen LogP contribution is -2.28. The Labute approximate surface area is 121 Å². The highest BCUT2D eigenvalue weighted by Crippen LogP contribution is 2.27. The van der Waals surface area contributed by atoms with E-state index in [-0.39, 0.29) is 18.5 Å². The molecule has 0 saturated heterocycles. The molecule has 1 saturated carbocycles. The van der Waals surface area contributed by atoms with Crippen LogP contribution in [0.25, 0.3) is 0 Å². The second kappa shape index (κ2) is 6.89. The molecule has 2 atom stereocenters. The van der Waals surface area contributed by atoms with Crippen molar-refractivity contribution >= 4 is 5.78 Å². The smallest absolute Gasteiger partial charge is 0.192 e. The molecule has 0 amide bonds. The topological polar surface area (TPSA) is 35.5 Å². The summed E-state index contributed by atoms with van der Waals surface area (Å²) in [4.78, 5) is 12.3. The van der Waals surface area contributed by atoms with E-state index in [0.29, 0.717) is 17.2 Å². The lowest BCUT2D eigenvalue weighted by atomic mass is 9.88. The lowest BCUT2D eigenvalue weighted by molar-refractivity contribution is 0.000665. The predicted octanol–water partition coefficient (Wildman–Crippen LogP) is 3.78. The molecule has 0 N–H and O–H groups in total. The molecule has 1 fully saturated rings. The highest BCUT2D eigenvalue weighted by atomic mass is 16.5. The van der Waals surface area contributed by atoms with Crippen LogP contribution in [0, 0.1) is 12.8 Å². The van der Waals surface area contributed by atoms with Crippen LogP contribution in [0.15, 0.2) is 18.2 Å². The number of hydrogen-bond acceptors (Lipinski definition) is 3. The second-order valence-corrected chi connectivity index (χ2v) is 5.74. The maximum atomic E-state index is 12.3. The number of benzene rings is 1. The molecule has 1 aliphatic rings. The Morgan fingerprint density at radius 1 is 1.30 bits per heavy atom. The molecule has 1 aliphatic carbocycles. The standard InChI is InChI=1S/C17H24O3/c1-12-8-9-14(17(10-12)19-3)15(18)11-20-16-7-5-4-6-13(16)2/h8-10,13,16H,4-7,11H2,1-3H3. The first-order chi connectivity index (χ1) is 9.61. The minimum atomic E-state index is -0.000349. The van der Waals surface area contributed by atoms with Gasteiger partial charge in [0.15, 0.2) is 5.78 Å². The van der Waals surface area contributed by atoms with Gasteiger partial charge in [-0.15, -0.1) is 0 Å². The number of rotatable bonds is 5. The minimum Gasteiger partial charge on any atom is -0.496 e. The number of aryl methyl sites for hydroxylation is 1. The molecule has 110 valence electrons. The Balaban J connectivity index is 1.98. The van der Waals surface area contributed by atoms with Gasteiger partial charge in [0.25, 0.3) is 0 Å². The van der Waals surface area contributed by atoms with E-state index in [1.54, 1.807) is 7.11 Å². The number of carbonyl (C=O) groups is 1. The van der Waals surface area contributed by atoms with E-state index < -0.39 is 0 Å². The van der Waals surface area contributed by atoms with Gasteiger partial charge in [-0.05, 0) is 43.4 Å². The lowest BCUT2D eigenvalue weighted by Gasteiger charge is -2.28. The van der Waals surface area contributed by atoms with Crippen LogP contribution in [0.4, 0.5) is 0 Å². The van der Waals surface area contributed by atoms with Gasteiger partial charge in [-0.1, -0.05) is 25.8 Å². The van der Waals surface area contributed by atoms with E-state index in [1.807, 2.05) is 25.1 Å². The van der Waals surface area contributed by atoms with Gasteiger partial charge < -0.3 is 9.47 Å². The maximum absolute atomic E-state index is 12.3. The summed E-state index contributed by atoms with van der Waals surface area (Å²) in [7, 11) is 1.59. The number of methoxy groups -OCH3 is 1. The summed E-state index contributed by atoms with van der Waals surface area (Å²) in [5, 5.41) is 0. The number of ether oxygens (including phenoxy) is 2. The van der Waals surface area contributed by atoms with Crippen molar-refractivity contribution in [3.8, 4) is 5.75 Å². The number of Topliss-reactive ketones (excluding diaryl/α,β-unsaturated/α-hetero) is 1. The van der Waals surface area contributed by atoms with Gasteiger partial charge in [0.2, 0.25) is 0 Å². The average molecular weight is 276 g/mol. The largest absolute Gasteiger partial charge is 0.496 e. The van der Waals surface area contributed by atoms with Crippen LogP contribution in [-0.2, 0) is 4.74 Å². The SMILES string of the molecule is COc1cc(C)ccc1C(=O)COC1CCCCC1C. The maximum Gasteiger partial charge on any atom is 0.192 e. The van der Waals surface area contributed by atoms with Crippen LogP contribution in [0.1, 0.15) is 48.5 Å². The highest BCUT2D eigenvalue weighted by Gasteiger charge is 2.23. The first kappa shape index (κ1) is 15.0. The van der Waals surface area contributed by atoms with E-state index in [4.69, 9.17) is 9.47 Å². The van der Waals surface area contributed by atoms with Gasteiger partial charge in [0.1, 0.15) is 12.4 Å². The predicted molar refractivity (Wildman–Crippen MR) is 79.4 cm³/mol. The summed E-state index contributed by atoms with van der Waals surface area (Å²) in [5.74, 6) is 1.19. The van der Waals surface area contributed by atoms with Crippen molar-refractivity contribution in [2.75, 3.05) is 13.7 Å². The summed E-state index contributed by atoms with van der Waals surface area (Å²) in [6, 6.07) is 5.64. The number of ketones is 1. The molecule has 3 heteroatoms. The quantitative estimate of drug-likeness (QED) is 0.768. The molecule has 0 radical (unpaired) electrons. The Hall–Kier alpha value is -1.35. The van der Waals surface area contributed by atoms with Crippen molar-refractivity contribution in [3.63, 3.8) is 0 Å². The van der Waals surface area contributed by atoms with Crippen LogP contribution in [0.2, 0.25) is 0 Å². The average Bonchev–Trinajstić information content (AvgIpc) is 2.46. The molecule has 1 aromatic carbocycles. The monoisotopic (exact) mass is 276 g/mol. The van der Waals surface area contributed by atoms with E-state index in [1.165, 1.54) is 19.3 Å². The third kappa shape index (κ3) is 3.60. The second-order valence-electron chi connectivity index (χ2n) is 5.74. The van der Waals surface area contributed by atoms with Crippen LogP contribution in [0.5, 0.6) is 5.75 Å². The molecule has 0 heterocycles. The third-order valence-corrected chi connectivity index (χ3v) is 4.12. The van der Waals surface area contributed by atoms with E-state index in [2.05, 4.69) is 6.92 Å². The molecule has 0 aromatic heterocycles. The molecule has 2 unspecified atom stereocenters. The summed E-state index contributed by atoms with van der Waals surface area (Å²) in [6.45, 7) is 4.34. The fourth-order valence-electron chi connectivity index (χ4n) is 2.82. The van der Waals surface area contributed by atoms with Gasteiger partial charge in [-0.3, -0.25) is 4.79 Å². The molecule has 0 aliphatic heterocycles. The molecule has 3 nitrogen and oxygen atoms in total. The van der Waals surface area contributed by atoms with E-state index in [9.17, 15) is 4.79 Å². The van der Waals surface area contributed by atoms with Crippen molar-refractivity contribution in [1.29, 1.82) is 0 Å². The molecule has 20 heavy (non-hydrogen) atoms. The first-order valence-corrected chi connectivity index (χ1v) is 7.41. The molecule has 0 bridgehead atoms. The van der Waals surface area contributed by atoms with Gasteiger partial charge in [0, 0.05) is 0 Å². The molecule has 1 aromatic rings. The molecular formula is C17H24O3. The van der Waals surface area contributed by atoms with Gasteiger partial charge in [-0.2, -0.15) is 0 Å². The van der Waals surface area contributed by atoms with Crippen molar-refractivity contribution in [3.05, 3.63) is 29.3 Å². The Bertz CT molecular complexity index is 467. The van der Waals surface area contributed by atoms with Crippen LogP contribution in [0.3, 0.4) is 0 Å². The zero-order valence-corrected chi connectivity index (χ0v) is 12.6. The van der Waals surface area contributed by atoms with E-state index in [0.717, 1.165) is 12.0 Å². The fraction of sp³-hybridized carbons (Fsp3) is 0.588. The van der Waals surface area contributed by atoms with Crippen molar-refractivity contribution in [2.45, 2.75) is 45.6 Å². The molecular weight excluding hydrogens is 252 g/mol. The Kier molecular flexibility index (Phi) is 5.18. The highest BCUT2D eigenvalue weighted by molar-refractivity contribution is 5.99. The summed E-state index contributed by atoms with van der Waals surface area (Å²) in [6.07, 6.45) is 4.98. The normalized spacial score (nSPS) is 22.6. The zero-order chi connectivity index (χ0) is 14.5. The van der Waals surface area contributed by atoms with Crippen LogP contribution >= 0.6 is 0 Å². The molecule has 0 spiro atoms. The van der Waals surface area contributed by atoms with Gasteiger partial charge in [-0.25, -0.2) is 0 Å². The summed E-state index contributed by atoms with van der Waals surface area (Å²) >= 11 is 0. The fourth-order valence-corrected chi connectivity index (χ4v) is 2.82. The molecule has 2 rings (SSSR count). The number of hydrogen-bond donors (Lipinski definition) is 0. The van der Waals surface area contributed by atoms with Crippen molar-refractivity contribution < 1.29 is 14.3 Å². The van der Waals surface area contributed by atoms with Crippen molar-refractivity contribution in [1.82, 2.24) is 0 Å². The van der Waals surface area contributed by atoms with Gasteiger partial charge in [0.05, 0.1) is 18.8 Å². The summed E-state index contributed by atoms with van der Waals surface area (Å²) < 4.78 is 11.1. The summed E-state index contributed by atoms with van der Waals surface area (Å²) in [5.41, 5.74) is 1.70. The minimum absolute atomic E-state index is 0.000349. The zero-order valence-electron chi connectivity index (χ0n) is 12.6. The van der Waals surface area contributed by atoms with E-state index >= 15 is 0 Å². The van der Waals surface area contributed by atoms with Crippen LogP contribution in [-0.4, -0.2) is 25.6 Å². The third-order valence-electron chi connectivity index (χ3n) is 4.12. The Morgan fingerprint density at radius 3 is 2.75 bits per heavy atom. The number of carbonyl (C=O) groups excluding carboxylic acids is 1.